The molecule has 4 aliphatic rings. The Hall–Kier alpha value is 0.530. The van der Waals surface area contributed by atoms with E-state index in [1.165, 1.54) is 0 Å². The average molecular weight is 192 g/mol. The van der Waals surface area contributed by atoms with E-state index >= 15 is 0 Å². The van der Waals surface area contributed by atoms with E-state index in [2.05, 4.69) is 0 Å². The van der Waals surface area contributed by atoms with Gasteiger partial charge in [-0.1, -0.05) is 0 Å². The van der Waals surface area contributed by atoms with Gasteiger partial charge in [-0.05, 0) is 11.8 Å². The van der Waals surface area contributed by atoms with Crippen LogP contribution in [0.2, 0.25) is 0 Å². The first-order valence-electron chi connectivity index (χ1n) is 3.89. The highest BCUT2D eigenvalue weighted by Gasteiger charge is 2.49. The van der Waals surface area contributed by atoms with E-state index in [4.69, 9.17) is 25.4 Å². The summed E-state index contributed by atoms with van der Waals surface area (Å²) in [4.78, 5) is 0. The lowest BCUT2D eigenvalue weighted by Crippen LogP contribution is -2.45. The van der Waals surface area contributed by atoms with Gasteiger partial charge in [0.25, 0.3) is 0 Å². The summed E-state index contributed by atoms with van der Waals surface area (Å²) in [6.45, 7) is -2.24. The fourth-order valence-electron chi connectivity index (χ4n) is 2.05. The molecule has 0 spiro atoms. The van der Waals surface area contributed by atoms with Crippen LogP contribution in [0.1, 0.15) is 19.3 Å². The van der Waals surface area contributed by atoms with Gasteiger partial charge in [-0.15, -0.1) is 0 Å². The van der Waals surface area contributed by atoms with Crippen molar-refractivity contribution in [2.45, 2.75) is 37.6 Å². The molecule has 1 saturated carbocycles. The molecule has 3 saturated heterocycles. The van der Waals surface area contributed by atoms with Crippen LogP contribution in [-0.2, 0) is 25.4 Å². The Morgan fingerprint density at radius 3 is 1.55 bits per heavy atom. The van der Waals surface area contributed by atoms with E-state index in [0.717, 1.165) is 19.3 Å². The summed E-state index contributed by atoms with van der Waals surface area (Å²) in [5.41, 5.74) is 0. The van der Waals surface area contributed by atoms with Crippen LogP contribution in [0.4, 0.5) is 0 Å². The molecular formula is C6H9O3PS. The van der Waals surface area contributed by atoms with Crippen LogP contribution < -0.4 is 0 Å². The van der Waals surface area contributed by atoms with Gasteiger partial charge in [0, 0.05) is 19.3 Å². The molecule has 0 unspecified atom stereocenters. The van der Waals surface area contributed by atoms with Crippen molar-refractivity contribution in [3.8, 4) is 0 Å². The third-order valence-electron chi connectivity index (χ3n) is 2.41. The van der Waals surface area contributed by atoms with Gasteiger partial charge in [-0.25, -0.2) is 0 Å². The molecule has 4 bridgehead atoms. The Labute approximate surface area is 70.3 Å². The quantitative estimate of drug-likeness (QED) is 0.544. The first kappa shape index (κ1) is 6.98. The molecule has 4 rings (SSSR count). The van der Waals surface area contributed by atoms with Gasteiger partial charge in [0.2, 0.25) is 0 Å². The van der Waals surface area contributed by atoms with Crippen LogP contribution in [0.25, 0.3) is 0 Å². The second-order valence-corrected chi connectivity index (χ2v) is 6.21. The predicted octanol–water partition coefficient (Wildman–Crippen LogP) is 1.58. The van der Waals surface area contributed by atoms with Gasteiger partial charge in [-0.2, -0.15) is 0 Å². The number of hydrogen-bond donors (Lipinski definition) is 0. The molecule has 11 heavy (non-hydrogen) atoms. The molecule has 1 aliphatic carbocycles. The zero-order valence-electron chi connectivity index (χ0n) is 5.93. The minimum Gasteiger partial charge on any atom is -0.305 e. The van der Waals surface area contributed by atoms with Crippen LogP contribution in [0.5, 0.6) is 0 Å². The molecule has 5 heteroatoms. The summed E-state index contributed by atoms with van der Waals surface area (Å²) in [7, 11) is 0. The van der Waals surface area contributed by atoms with Crippen molar-refractivity contribution < 1.29 is 13.6 Å². The van der Waals surface area contributed by atoms with Crippen LogP contribution in [0.15, 0.2) is 0 Å². The second kappa shape index (κ2) is 2.06. The lowest BCUT2D eigenvalue weighted by atomic mass is 9.93. The maximum atomic E-state index is 5.49. The molecule has 0 N–H and O–H groups in total. The van der Waals surface area contributed by atoms with Gasteiger partial charge in [0.1, 0.15) is 0 Å². The summed E-state index contributed by atoms with van der Waals surface area (Å²) in [6.07, 6.45) is 4.10. The SMILES string of the molecule is S=P12OC3CC(CC(C3)O1)O2. The minimum absolute atomic E-state index is 0.340. The summed E-state index contributed by atoms with van der Waals surface area (Å²) in [5, 5.41) is 0. The highest BCUT2D eigenvalue weighted by molar-refractivity contribution is 8.07. The van der Waals surface area contributed by atoms with Gasteiger partial charge in [0.15, 0.2) is 0 Å². The fourth-order valence-corrected chi connectivity index (χ4v) is 4.91. The normalized spacial score (nSPS) is 60.2. The Morgan fingerprint density at radius 2 is 1.27 bits per heavy atom. The largest absolute Gasteiger partial charge is 0.327 e. The van der Waals surface area contributed by atoms with Gasteiger partial charge in [0.05, 0.1) is 18.3 Å². The molecule has 4 fully saturated rings. The molecular weight excluding hydrogens is 183 g/mol. The monoisotopic (exact) mass is 192 g/mol. The molecule has 3 aliphatic heterocycles. The van der Waals surface area contributed by atoms with Crippen molar-refractivity contribution in [2.24, 2.45) is 0 Å². The topological polar surface area (TPSA) is 27.7 Å². The molecule has 0 atom stereocenters. The maximum absolute atomic E-state index is 5.49. The summed E-state index contributed by atoms with van der Waals surface area (Å²) in [5.74, 6) is 0. The molecule has 0 radical (unpaired) electrons. The van der Waals surface area contributed by atoms with Gasteiger partial charge < -0.3 is 13.6 Å². The lowest BCUT2D eigenvalue weighted by Gasteiger charge is -2.49. The first-order valence-corrected chi connectivity index (χ1v) is 6.44. The molecule has 0 aromatic carbocycles. The average Bonchev–Trinajstić information content (AvgIpc) is 1.79. The molecule has 3 nitrogen and oxygen atoms in total. The third-order valence-corrected chi connectivity index (χ3v) is 4.86. The minimum atomic E-state index is -2.24. The van der Waals surface area contributed by atoms with E-state index in [-0.39, 0.29) is 0 Å². The van der Waals surface area contributed by atoms with Crippen molar-refractivity contribution in [1.82, 2.24) is 0 Å². The van der Waals surface area contributed by atoms with Gasteiger partial charge in [-0.3, -0.25) is 0 Å². The third kappa shape index (κ3) is 1.01. The van der Waals surface area contributed by atoms with E-state index in [0.29, 0.717) is 18.3 Å². The molecule has 0 aromatic rings. The maximum Gasteiger partial charge on any atom is 0.327 e. The van der Waals surface area contributed by atoms with Gasteiger partial charge >= 0.3 is 6.72 Å². The molecule has 0 amide bonds. The smallest absolute Gasteiger partial charge is 0.305 e. The standard InChI is InChI=1S/C6H9O3PS/c11-10-7-4-1-5(8-10)3-6(2-4)9-10/h4-6H,1-3H2. The van der Waals surface area contributed by atoms with E-state index in [9.17, 15) is 0 Å². The molecule has 0 aromatic heterocycles. The van der Waals surface area contributed by atoms with Crippen LogP contribution in [0.3, 0.4) is 0 Å². The van der Waals surface area contributed by atoms with E-state index in [1.54, 1.807) is 0 Å². The number of hydrogen-bond acceptors (Lipinski definition) is 4. The zero-order valence-corrected chi connectivity index (χ0v) is 7.64. The second-order valence-electron chi connectivity index (χ2n) is 3.34. The van der Waals surface area contributed by atoms with Crippen molar-refractivity contribution in [1.29, 1.82) is 0 Å². The van der Waals surface area contributed by atoms with Crippen molar-refractivity contribution in [3.05, 3.63) is 0 Å². The number of rotatable bonds is 0. The van der Waals surface area contributed by atoms with Crippen LogP contribution >= 0.6 is 6.72 Å². The fraction of sp³-hybridized carbons (Fsp3) is 1.00. The highest BCUT2D eigenvalue weighted by Crippen LogP contribution is 2.64. The summed E-state index contributed by atoms with van der Waals surface area (Å²) in [6, 6.07) is 0. The van der Waals surface area contributed by atoms with Crippen molar-refractivity contribution >= 4 is 18.5 Å². The van der Waals surface area contributed by atoms with Crippen LogP contribution in [0, 0.1) is 0 Å². The summed E-state index contributed by atoms with van der Waals surface area (Å²) < 4.78 is 16.5. The Balaban J connectivity index is 2.00. The van der Waals surface area contributed by atoms with Crippen LogP contribution in [-0.4, -0.2) is 18.3 Å². The molecule has 62 valence electrons. The Morgan fingerprint density at radius 1 is 0.909 bits per heavy atom. The van der Waals surface area contributed by atoms with Crippen molar-refractivity contribution in [2.75, 3.05) is 0 Å². The lowest BCUT2D eigenvalue weighted by molar-refractivity contribution is -0.108. The predicted molar refractivity (Wildman–Crippen MR) is 42.8 cm³/mol. The van der Waals surface area contributed by atoms with E-state index in [1.807, 2.05) is 0 Å². The summed E-state index contributed by atoms with van der Waals surface area (Å²) >= 11 is 5.14. The highest BCUT2D eigenvalue weighted by atomic mass is 32.5. The Bertz CT molecular complexity index is 200. The van der Waals surface area contributed by atoms with E-state index < -0.39 is 6.72 Å². The first-order chi connectivity index (χ1) is 5.23. The Kier molecular flexibility index (Phi) is 1.31. The molecule has 3 heterocycles. The van der Waals surface area contributed by atoms with Crippen molar-refractivity contribution in [3.63, 3.8) is 0 Å². The zero-order chi connectivity index (χ0) is 7.47.